The number of urea groups is 1. The van der Waals surface area contributed by atoms with Crippen molar-refractivity contribution < 1.29 is 13.9 Å². The summed E-state index contributed by atoms with van der Waals surface area (Å²) in [7, 11) is 0. The molecule has 2 heterocycles. The normalized spacial score (nSPS) is 19.9. The number of carbonyl (C=O) groups excluding carboxylic acids is 1. The van der Waals surface area contributed by atoms with Crippen molar-refractivity contribution in [2.45, 2.75) is 32.6 Å². The number of amides is 2. The zero-order valence-corrected chi connectivity index (χ0v) is 14.9. The van der Waals surface area contributed by atoms with Crippen molar-refractivity contribution in [2.24, 2.45) is 0 Å². The smallest absolute Gasteiger partial charge is 0.319 e. The number of hydrogen-bond acceptors (Lipinski definition) is 4. The first kappa shape index (κ1) is 18.1. The molecule has 2 unspecified atom stereocenters. The van der Waals surface area contributed by atoms with Crippen molar-refractivity contribution in [3.05, 3.63) is 54.1 Å². The van der Waals surface area contributed by atoms with Gasteiger partial charge in [0.2, 0.25) is 0 Å². The number of anilines is 2. The van der Waals surface area contributed by atoms with Crippen molar-refractivity contribution >= 4 is 17.4 Å². The summed E-state index contributed by atoms with van der Waals surface area (Å²) >= 11 is 0. The fourth-order valence-corrected chi connectivity index (χ4v) is 3.06. The Bertz CT molecular complexity index is 746. The lowest BCUT2D eigenvalue weighted by molar-refractivity contribution is -0.00539. The Hall–Kier alpha value is -2.67. The van der Waals surface area contributed by atoms with Crippen LogP contribution in [0.3, 0.4) is 0 Å². The van der Waals surface area contributed by atoms with Crippen LogP contribution in [0.4, 0.5) is 20.6 Å². The highest BCUT2D eigenvalue weighted by molar-refractivity contribution is 5.89. The lowest BCUT2D eigenvalue weighted by atomic mass is 10.2. The standard InChI is InChI=1S/C19H23FN4O2/c1-13-11-24(12-14(2)26-13)18-7-6-15(9-17(18)20)23-19(25)22-10-16-5-3-4-8-21-16/h3-9,13-14H,10-12H2,1-2H3,(H2,22,23,25). The number of pyridine rings is 1. The van der Waals surface area contributed by atoms with Crippen molar-refractivity contribution in [1.82, 2.24) is 10.3 Å². The van der Waals surface area contributed by atoms with E-state index in [2.05, 4.69) is 15.6 Å². The van der Waals surface area contributed by atoms with E-state index in [-0.39, 0.29) is 18.0 Å². The maximum Gasteiger partial charge on any atom is 0.319 e. The number of nitrogens with one attached hydrogen (secondary N) is 2. The zero-order valence-electron chi connectivity index (χ0n) is 14.9. The van der Waals surface area contributed by atoms with Gasteiger partial charge in [-0.25, -0.2) is 9.18 Å². The molecule has 1 fully saturated rings. The average molecular weight is 358 g/mol. The molecule has 26 heavy (non-hydrogen) atoms. The molecule has 6 nitrogen and oxygen atoms in total. The molecular formula is C19H23FN4O2. The minimum absolute atomic E-state index is 0.0494. The highest BCUT2D eigenvalue weighted by atomic mass is 19.1. The molecule has 1 aromatic carbocycles. The summed E-state index contributed by atoms with van der Waals surface area (Å²) in [5.41, 5.74) is 1.67. The second kappa shape index (κ2) is 8.14. The molecule has 0 radical (unpaired) electrons. The Morgan fingerprint density at radius 2 is 2.04 bits per heavy atom. The fourth-order valence-electron chi connectivity index (χ4n) is 3.06. The van der Waals surface area contributed by atoms with Crippen LogP contribution in [-0.2, 0) is 11.3 Å². The first-order valence-electron chi connectivity index (χ1n) is 8.66. The van der Waals surface area contributed by atoms with Crippen LogP contribution < -0.4 is 15.5 Å². The van der Waals surface area contributed by atoms with E-state index in [0.717, 1.165) is 5.69 Å². The molecule has 1 saturated heterocycles. The molecule has 1 aliphatic rings. The van der Waals surface area contributed by atoms with Crippen LogP contribution in [0.1, 0.15) is 19.5 Å². The van der Waals surface area contributed by atoms with Crippen LogP contribution in [0.25, 0.3) is 0 Å². The van der Waals surface area contributed by atoms with Crippen molar-refractivity contribution in [3.8, 4) is 0 Å². The van der Waals surface area contributed by atoms with Crippen molar-refractivity contribution in [2.75, 3.05) is 23.3 Å². The molecule has 2 N–H and O–H groups in total. The van der Waals surface area contributed by atoms with E-state index < -0.39 is 6.03 Å². The highest BCUT2D eigenvalue weighted by Crippen LogP contribution is 2.26. The molecule has 2 atom stereocenters. The van der Waals surface area contributed by atoms with Gasteiger partial charge >= 0.3 is 6.03 Å². The third-order valence-corrected chi connectivity index (χ3v) is 4.12. The summed E-state index contributed by atoms with van der Waals surface area (Å²) in [5, 5.41) is 5.33. The first-order valence-corrected chi connectivity index (χ1v) is 8.66. The largest absolute Gasteiger partial charge is 0.372 e. The summed E-state index contributed by atoms with van der Waals surface area (Å²) in [6.07, 6.45) is 1.76. The fraction of sp³-hybridized carbons (Fsp3) is 0.368. The number of aromatic nitrogens is 1. The highest BCUT2D eigenvalue weighted by Gasteiger charge is 2.24. The maximum absolute atomic E-state index is 14.5. The molecule has 2 aromatic rings. The monoisotopic (exact) mass is 358 g/mol. The molecule has 0 bridgehead atoms. The van der Waals surface area contributed by atoms with Crippen LogP contribution in [-0.4, -0.2) is 36.3 Å². The van der Waals surface area contributed by atoms with E-state index in [1.54, 1.807) is 18.3 Å². The first-order chi connectivity index (χ1) is 12.5. The summed E-state index contributed by atoms with van der Waals surface area (Å²) in [4.78, 5) is 18.1. The maximum atomic E-state index is 14.5. The number of carbonyl (C=O) groups is 1. The molecular weight excluding hydrogens is 335 g/mol. The van der Waals surface area contributed by atoms with Crippen LogP contribution >= 0.6 is 0 Å². The summed E-state index contributed by atoms with van der Waals surface area (Å²) in [6, 6.07) is 9.79. The van der Waals surface area contributed by atoms with Gasteiger partial charge in [0, 0.05) is 25.0 Å². The Morgan fingerprint density at radius 1 is 1.27 bits per heavy atom. The van der Waals surface area contributed by atoms with Gasteiger partial charge in [0.05, 0.1) is 30.1 Å². The van der Waals surface area contributed by atoms with E-state index in [1.165, 1.54) is 6.07 Å². The van der Waals surface area contributed by atoms with Gasteiger partial charge in [0.25, 0.3) is 0 Å². The van der Waals surface area contributed by atoms with Gasteiger partial charge in [-0.05, 0) is 44.2 Å². The lowest BCUT2D eigenvalue weighted by Crippen LogP contribution is -2.45. The van der Waals surface area contributed by atoms with Gasteiger partial charge in [-0.15, -0.1) is 0 Å². The van der Waals surface area contributed by atoms with Gasteiger partial charge in [0.1, 0.15) is 5.82 Å². The van der Waals surface area contributed by atoms with Gasteiger partial charge in [0.15, 0.2) is 0 Å². The van der Waals surface area contributed by atoms with Gasteiger partial charge in [-0.2, -0.15) is 0 Å². The van der Waals surface area contributed by atoms with E-state index >= 15 is 0 Å². The van der Waals surface area contributed by atoms with Gasteiger partial charge in [-0.3, -0.25) is 4.98 Å². The molecule has 0 spiro atoms. The minimum Gasteiger partial charge on any atom is -0.372 e. The van der Waals surface area contributed by atoms with E-state index in [0.29, 0.717) is 31.0 Å². The van der Waals surface area contributed by atoms with Crippen molar-refractivity contribution in [1.29, 1.82) is 0 Å². The third kappa shape index (κ3) is 4.70. The van der Waals surface area contributed by atoms with Crippen LogP contribution in [0, 0.1) is 5.82 Å². The number of hydrogen-bond donors (Lipinski definition) is 2. The molecule has 0 saturated carbocycles. The zero-order chi connectivity index (χ0) is 18.5. The third-order valence-electron chi connectivity index (χ3n) is 4.12. The predicted octanol–water partition coefficient (Wildman–Crippen LogP) is 3.16. The topological polar surface area (TPSA) is 66.5 Å². The molecule has 138 valence electrons. The number of benzene rings is 1. The van der Waals surface area contributed by atoms with E-state index in [9.17, 15) is 9.18 Å². The number of halogens is 1. The van der Waals surface area contributed by atoms with E-state index in [4.69, 9.17) is 4.74 Å². The SMILES string of the molecule is CC1CN(c2ccc(NC(=O)NCc3ccccn3)cc2F)CC(C)O1. The summed E-state index contributed by atoms with van der Waals surface area (Å²) in [6.45, 7) is 5.53. The predicted molar refractivity (Wildman–Crippen MR) is 98.7 cm³/mol. The Balaban J connectivity index is 1.59. The summed E-state index contributed by atoms with van der Waals surface area (Å²) in [5.74, 6) is -0.367. The quantitative estimate of drug-likeness (QED) is 0.881. The Labute approximate surface area is 152 Å². The lowest BCUT2D eigenvalue weighted by Gasteiger charge is -2.37. The van der Waals surface area contributed by atoms with Crippen LogP contribution in [0.2, 0.25) is 0 Å². The molecule has 1 aromatic heterocycles. The van der Waals surface area contributed by atoms with Gasteiger partial charge < -0.3 is 20.3 Å². The number of rotatable bonds is 4. The van der Waals surface area contributed by atoms with Crippen LogP contribution in [0.15, 0.2) is 42.6 Å². The van der Waals surface area contributed by atoms with Gasteiger partial charge in [-0.1, -0.05) is 6.07 Å². The second-order valence-electron chi connectivity index (χ2n) is 6.46. The summed E-state index contributed by atoms with van der Waals surface area (Å²) < 4.78 is 20.2. The minimum atomic E-state index is -0.406. The number of ether oxygens (including phenoxy) is 1. The number of morpholine rings is 1. The Kier molecular flexibility index (Phi) is 5.68. The molecule has 3 rings (SSSR count). The van der Waals surface area contributed by atoms with Crippen molar-refractivity contribution in [3.63, 3.8) is 0 Å². The molecule has 7 heteroatoms. The molecule has 1 aliphatic heterocycles. The number of nitrogens with zero attached hydrogens (tertiary/aromatic N) is 2. The average Bonchev–Trinajstić information content (AvgIpc) is 2.60. The van der Waals surface area contributed by atoms with E-state index in [1.807, 2.05) is 36.9 Å². The molecule has 2 amide bonds. The molecule has 0 aliphatic carbocycles. The second-order valence-corrected chi connectivity index (χ2v) is 6.46. The Morgan fingerprint density at radius 3 is 2.69 bits per heavy atom. The van der Waals surface area contributed by atoms with Crippen LogP contribution in [0.5, 0.6) is 0 Å².